The van der Waals surface area contributed by atoms with E-state index in [1.165, 1.54) is 19.2 Å². The molecule has 1 heterocycles. The number of carboxylic acid groups (broad SMARTS) is 1. The van der Waals surface area contributed by atoms with Crippen LogP contribution in [0.3, 0.4) is 0 Å². The number of hydrogen-bond donors (Lipinski definition) is 4. The summed E-state index contributed by atoms with van der Waals surface area (Å²) in [6.45, 7) is 4.93. The molecule has 45 heavy (non-hydrogen) atoms. The van der Waals surface area contributed by atoms with E-state index in [0.717, 1.165) is 22.2 Å². The van der Waals surface area contributed by atoms with Crippen molar-refractivity contribution in [3.63, 3.8) is 0 Å². The van der Waals surface area contributed by atoms with Crippen LogP contribution in [0.1, 0.15) is 26.3 Å². The molecule has 0 aromatic heterocycles. The van der Waals surface area contributed by atoms with Crippen LogP contribution < -0.4 is 30.3 Å². The van der Waals surface area contributed by atoms with Gasteiger partial charge in [0.2, 0.25) is 5.91 Å². The first-order valence-electron chi connectivity index (χ1n) is 13.7. The van der Waals surface area contributed by atoms with Crippen molar-refractivity contribution in [1.82, 2.24) is 5.32 Å². The standard InChI is InChI=1S/C31H32N4O9S/c1-31(2,3)44-28(38)32-19-7-11-21(12-8-19)43-22-13-14-23(24(16-22)35(4)30(40)41)33-26(36)17-42-20-9-5-18(6-10-20)15-25-27(37)34-29(39)45-25/h5-14,16,25H,15,17H2,1-4H3,(H,32,38)(H,33,36)(H,40,41)(H,34,37,39). The highest BCUT2D eigenvalue weighted by atomic mass is 32.2. The van der Waals surface area contributed by atoms with Crippen molar-refractivity contribution in [3.8, 4) is 17.2 Å². The molecule has 1 aliphatic rings. The van der Waals surface area contributed by atoms with Gasteiger partial charge in [0.1, 0.15) is 22.8 Å². The van der Waals surface area contributed by atoms with Gasteiger partial charge in [0.05, 0.1) is 16.6 Å². The smallest absolute Gasteiger partial charge is 0.412 e. The van der Waals surface area contributed by atoms with Crippen molar-refractivity contribution in [3.05, 3.63) is 72.3 Å². The van der Waals surface area contributed by atoms with E-state index in [4.69, 9.17) is 14.2 Å². The normalized spacial score (nSPS) is 14.3. The number of carbonyl (C=O) groups is 5. The van der Waals surface area contributed by atoms with Gasteiger partial charge in [-0.15, -0.1) is 0 Å². The van der Waals surface area contributed by atoms with Gasteiger partial charge in [0.15, 0.2) is 6.61 Å². The number of thioether (sulfide) groups is 1. The minimum absolute atomic E-state index is 0.160. The molecule has 0 radical (unpaired) electrons. The van der Waals surface area contributed by atoms with Crippen LogP contribution in [-0.4, -0.2) is 58.9 Å². The molecule has 14 heteroatoms. The molecule has 13 nitrogen and oxygen atoms in total. The number of benzene rings is 3. The zero-order chi connectivity index (χ0) is 32.7. The van der Waals surface area contributed by atoms with Gasteiger partial charge in [-0.3, -0.25) is 29.9 Å². The molecule has 1 fully saturated rings. The van der Waals surface area contributed by atoms with E-state index in [9.17, 15) is 29.1 Å². The van der Waals surface area contributed by atoms with Gasteiger partial charge in [-0.1, -0.05) is 23.9 Å². The average Bonchev–Trinajstić information content (AvgIpc) is 3.28. The zero-order valence-corrected chi connectivity index (χ0v) is 25.7. The summed E-state index contributed by atoms with van der Waals surface area (Å²) in [5, 5.41) is 16.3. The predicted molar refractivity (Wildman–Crippen MR) is 168 cm³/mol. The average molecular weight is 637 g/mol. The summed E-state index contributed by atoms with van der Waals surface area (Å²) >= 11 is 0.949. The molecule has 3 aromatic rings. The predicted octanol–water partition coefficient (Wildman–Crippen LogP) is 5.85. The largest absolute Gasteiger partial charge is 0.484 e. The summed E-state index contributed by atoms with van der Waals surface area (Å²) in [5.74, 6) is 0.283. The second kappa shape index (κ2) is 14.0. The van der Waals surface area contributed by atoms with Crippen molar-refractivity contribution in [2.75, 3.05) is 29.2 Å². The number of nitrogens with zero attached hydrogens (tertiary/aromatic N) is 1. The van der Waals surface area contributed by atoms with Crippen molar-refractivity contribution in [2.45, 2.75) is 38.0 Å². The number of hydrogen-bond acceptors (Lipinski definition) is 9. The number of nitrogens with one attached hydrogen (secondary N) is 3. The van der Waals surface area contributed by atoms with Crippen LogP contribution in [-0.2, 0) is 20.7 Å². The maximum absolute atomic E-state index is 12.7. The molecule has 0 aliphatic carbocycles. The minimum Gasteiger partial charge on any atom is -0.484 e. The lowest BCUT2D eigenvalue weighted by Gasteiger charge is -2.20. The molecule has 5 amide bonds. The van der Waals surface area contributed by atoms with Crippen molar-refractivity contribution in [2.24, 2.45) is 0 Å². The molecule has 3 aromatic carbocycles. The van der Waals surface area contributed by atoms with E-state index in [0.29, 0.717) is 29.4 Å². The second-order valence-corrected chi connectivity index (χ2v) is 12.0. The third-order valence-corrected chi connectivity index (χ3v) is 7.09. The van der Waals surface area contributed by atoms with Gasteiger partial charge < -0.3 is 24.6 Å². The van der Waals surface area contributed by atoms with E-state index >= 15 is 0 Å². The Morgan fingerprint density at radius 3 is 2.18 bits per heavy atom. The van der Waals surface area contributed by atoms with Crippen LogP contribution in [0.4, 0.5) is 31.4 Å². The van der Waals surface area contributed by atoms with Gasteiger partial charge in [-0.25, -0.2) is 9.59 Å². The Labute approximate surface area is 263 Å². The molecule has 1 unspecified atom stereocenters. The van der Waals surface area contributed by atoms with Crippen LogP contribution in [0.15, 0.2) is 66.7 Å². The van der Waals surface area contributed by atoms with E-state index in [1.54, 1.807) is 75.4 Å². The fourth-order valence-corrected chi connectivity index (χ4v) is 4.88. The molecular weight excluding hydrogens is 604 g/mol. The lowest BCUT2D eigenvalue weighted by molar-refractivity contribution is -0.119. The SMILES string of the molecule is CN(C(=O)O)c1cc(Oc2ccc(NC(=O)OC(C)(C)C)cc2)ccc1NC(=O)COc1ccc(CC2SC(=O)NC2=O)cc1. The summed E-state index contributed by atoms with van der Waals surface area (Å²) in [5.41, 5.74) is 1.06. The highest BCUT2D eigenvalue weighted by Gasteiger charge is 2.31. The second-order valence-electron chi connectivity index (χ2n) is 10.8. The van der Waals surface area contributed by atoms with Gasteiger partial charge in [0, 0.05) is 18.8 Å². The van der Waals surface area contributed by atoms with E-state index in [2.05, 4.69) is 16.0 Å². The maximum Gasteiger partial charge on any atom is 0.412 e. The number of imide groups is 1. The Kier molecular flexibility index (Phi) is 10.2. The molecule has 4 N–H and O–H groups in total. The van der Waals surface area contributed by atoms with Gasteiger partial charge in [0.25, 0.3) is 11.1 Å². The highest BCUT2D eigenvalue weighted by molar-refractivity contribution is 8.15. The third-order valence-electron chi connectivity index (χ3n) is 6.11. The van der Waals surface area contributed by atoms with E-state index < -0.39 is 28.9 Å². The van der Waals surface area contributed by atoms with E-state index in [1.807, 2.05) is 0 Å². The van der Waals surface area contributed by atoms with Gasteiger partial charge >= 0.3 is 12.2 Å². The number of amides is 5. The third kappa shape index (κ3) is 9.63. The van der Waals surface area contributed by atoms with Crippen molar-refractivity contribution >= 4 is 58.1 Å². The van der Waals surface area contributed by atoms with Crippen LogP contribution >= 0.6 is 11.8 Å². The number of carbonyl (C=O) groups excluding carboxylic acids is 4. The van der Waals surface area contributed by atoms with Crippen molar-refractivity contribution < 1.29 is 43.3 Å². The highest BCUT2D eigenvalue weighted by Crippen LogP contribution is 2.33. The Morgan fingerprint density at radius 1 is 0.933 bits per heavy atom. The number of rotatable bonds is 10. The number of ether oxygens (including phenoxy) is 3. The lowest BCUT2D eigenvalue weighted by atomic mass is 10.1. The minimum atomic E-state index is -1.26. The molecule has 0 saturated carbocycles. The zero-order valence-electron chi connectivity index (χ0n) is 24.9. The molecule has 1 saturated heterocycles. The van der Waals surface area contributed by atoms with Crippen LogP contribution in [0.2, 0.25) is 0 Å². The molecular formula is C31H32N4O9S. The summed E-state index contributed by atoms with van der Waals surface area (Å²) in [7, 11) is 1.33. The van der Waals surface area contributed by atoms with Crippen LogP contribution in [0, 0.1) is 0 Å². The van der Waals surface area contributed by atoms with Crippen molar-refractivity contribution in [1.29, 1.82) is 0 Å². The summed E-state index contributed by atoms with van der Waals surface area (Å²) < 4.78 is 16.7. The Bertz CT molecular complexity index is 1590. The number of anilines is 3. The summed E-state index contributed by atoms with van der Waals surface area (Å²) in [6, 6.07) is 17.8. The van der Waals surface area contributed by atoms with Gasteiger partial charge in [-0.2, -0.15) is 0 Å². The summed E-state index contributed by atoms with van der Waals surface area (Å²) in [4.78, 5) is 60.5. The van der Waals surface area contributed by atoms with E-state index in [-0.39, 0.29) is 29.1 Å². The molecule has 1 aliphatic heterocycles. The molecule has 236 valence electrons. The Hall–Kier alpha value is -5.24. The summed E-state index contributed by atoms with van der Waals surface area (Å²) in [6.07, 6.45) is -1.47. The van der Waals surface area contributed by atoms with Gasteiger partial charge in [-0.05, 0) is 81.3 Å². The van der Waals surface area contributed by atoms with Crippen LogP contribution in [0.5, 0.6) is 17.2 Å². The first kappa shape index (κ1) is 32.7. The Balaban J connectivity index is 1.35. The fraction of sp³-hybridized carbons (Fsp3) is 0.258. The maximum atomic E-state index is 12.7. The molecule has 1 atom stereocenters. The molecule has 0 bridgehead atoms. The Morgan fingerprint density at radius 2 is 1.58 bits per heavy atom. The first-order chi connectivity index (χ1) is 21.3. The topological polar surface area (TPSA) is 173 Å². The first-order valence-corrected chi connectivity index (χ1v) is 14.6. The lowest BCUT2D eigenvalue weighted by Crippen LogP contribution is -2.27. The quantitative estimate of drug-likeness (QED) is 0.211. The van der Waals surface area contributed by atoms with Crippen LogP contribution in [0.25, 0.3) is 0 Å². The molecule has 0 spiro atoms. The monoisotopic (exact) mass is 636 g/mol. The molecule has 4 rings (SSSR count). The fourth-order valence-electron chi connectivity index (χ4n) is 4.02.